The van der Waals surface area contributed by atoms with Gasteiger partial charge < -0.3 is 9.47 Å². The van der Waals surface area contributed by atoms with Gasteiger partial charge in [0.1, 0.15) is 11.9 Å². The number of aryl methyl sites for hydroxylation is 1. The lowest BCUT2D eigenvalue weighted by atomic mass is 9.97. The average molecular weight is 287 g/mol. The van der Waals surface area contributed by atoms with Crippen molar-refractivity contribution in [3.8, 4) is 5.75 Å². The summed E-state index contributed by atoms with van der Waals surface area (Å²) in [4.78, 5) is 15.2. The average Bonchev–Trinajstić information content (AvgIpc) is 3.01. The van der Waals surface area contributed by atoms with E-state index in [4.69, 9.17) is 9.47 Å². The Balaban J connectivity index is 1.57. The fourth-order valence-corrected chi connectivity index (χ4v) is 3.73. The number of fused-ring (bicyclic) bond motifs is 2. The van der Waals surface area contributed by atoms with E-state index in [0.717, 1.165) is 37.2 Å². The summed E-state index contributed by atoms with van der Waals surface area (Å²) in [6, 6.07) is 6.42. The Morgan fingerprint density at radius 1 is 1.29 bits per heavy atom. The Hall–Kier alpha value is -1.39. The number of ether oxygens (including phenoxy) is 2. The second-order valence-electron chi connectivity index (χ2n) is 6.22. The van der Waals surface area contributed by atoms with Gasteiger partial charge in [0, 0.05) is 12.6 Å². The highest BCUT2D eigenvalue weighted by Gasteiger charge is 2.36. The molecule has 4 heteroatoms. The van der Waals surface area contributed by atoms with Gasteiger partial charge in [0.2, 0.25) is 0 Å². The predicted molar refractivity (Wildman–Crippen MR) is 78.9 cm³/mol. The number of rotatable bonds is 2. The van der Waals surface area contributed by atoms with Crippen LogP contribution in [0, 0.1) is 0 Å². The van der Waals surface area contributed by atoms with Gasteiger partial charge in [-0.25, -0.2) is 0 Å². The van der Waals surface area contributed by atoms with Crippen LogP contribution in [-0.4, -0.2) is 49.1 Å². The highest BCUT2D eigenvalue weighted by Crippen LogP contribution is 2.31. The topological polar surface area (TPSA) is 38.8 Å². The third-order valence-electron chi connectivity index (χ3n) is 4.88. The molecule has 0 aromatic heterocycles. The number of hydrogen-bond acceptors (Lipinski definition) is 4. The number of nitrogens with zero attached hydrogens (tertiary/aromatic N) is 1. The van der Waals surface area contributed by atoms with E-state index < -0.39 is 0 Å². The first kappa shape index (κ1) is 13.3. The zero-order valence-corrected chi connectivity index (χ0v) is 12.2. The molecule has 3 aliphatic heterocycles. The first-order chi connectivity index (χ1) is 10.3. The number of Topliss-reactive ketones (excluding diaryl/α,β-unsaturated/α-hetero) is 1. The van der Waals surface area contributed by atoms with Gasteiger partial charge >= 0.3 is 0 Å². The third-order valence-corrected chi connectivity index (χ3v) is 4.88. The largest absolute Gasteiger partial charge is 0.493 e. The molecular weight excluding hydrogens is 266 g/mol. The fourth-order valence-electron chi connectivity index (χ4n) is 3.73. The maximum Gasteiger partial charge on any atom is 0.196 e. The molecule has 3 aliphatic rings. The van der Waals surface area contributed by atoms with Gasteiger partial charge in [-0.15, -0.1) is 0 Å². The highest BCUT2D eigenvalue weighted by molar-refractivity contribution is 6.02. The Morgan fingerprint density at radius 2 is 2.24 bits per heavy atom. The molecule has 0 aliphatic carbocycles. The van der Waals surface area contributed by atoms with Crippen molar-refractivity contribution in [2.45, 2.75) is 37.8 Å². The number of benzene rings is 1. The van der Waals surface area contributed by atoms with Crippen molar-refractivity contribution in [2.75, 3.05) is 26.3 Å². The van der Waals surface area contributed by atoms with E-state index in [1.165, 1.54) is 12.8 Å². The third kappa shape index (κ3) is 2.36. The molecule has 2 atom stereocenters. The summed E-state index contributed by atoms with van der Waals surface area (Å²) in [6.45, 7) is 3.22. The Labute approximate surface area is 125 Å². The van der Waals surface area contributed by atoms with E-state index in [1.807, 2.05) is 12.1 Å². The fraction of sp³-hybridized carbons (Fsp3) is 0.588. The first-order valence-corrected chi connectivity index (χ1v) is 7.97. The molecule has 0 spiro atoms. The molecular formula is C17H21NO3. The number of carbonyl (C=O) groups is 1. The molecule has 3 heterocycles. The van der Waals surface area contributed by atoms with Crippen LogP contribution in [0.5, 0.6) is 5.75 Å². The number of carbonyl (C=O) groups excluding carboxylic acids is 1. The summed E-state index contributed by atoms with van der Waals surface area (Å²) in [7, 11) is 0. The van der Waals surface area contributed by atoms with E-state index >= 15 is 0 Å². The molecule has 0 radical (unpaired) electrons. The lowest BCUT2D eigenvalue weighted by Crippen LogP contribution is -2.49. The molecule has 21 heavy (non-hydrogen) atoms. The lowest BCUT2D eigenvalue weighted by Gasteiger charge is -2.34. The molecule has 0 saturated carbocycles. The summed E-state index contributed by atoms with van der Waals surface area (Å²) >= 11 is 0. The van der Waals surface area contributed by atoms with Crippen LogP contribution in [-0.2, 0) is 11.2 Å². The van der Waals surface area contributed by atoms with Crippen molar-refractivity contribution in [3.63, 3.8) is 0 Å². The summed E-state index contributed by atoms with van der Waals surface area (Å²) in [5, 5.41) is 0. The molecule has 1 aromatic carbocycles. The van der Waals surface area contributed by atoms with E-state index in [1.54, 1.807) is 0 Å². The van der Waals surface area contributed by atoms with E-state index in [2.05, 4.69) is 11.0 Å². The minimum atomic E-state index is -0.337. The standard InChI is InChI=1S/C17H21NO3/c19-16(15-10-18-8-2-6-13(18)11-21-15)14-7-1-4-12-5-3-9-20-17(12)14/h1,4,7,13,15H,2-3,5-6,8-11H2. The molecule has 2 unspecified atom stereocenters. The van der Waals surface area contributed by atoms with Crippen LogP contribution < -0.4 is 4.74 Å². The molecule has 4 rings (SSSR count). The van der Waals surface area contributed by atoms with Gasteiger partial charge in [0.15, 0.2) is 5.78 Å². The van der Waals surface area contributed by atoms with E-state index in [-0.39, 0.29) is 11.9 Å². The Morgan fingerprint density at radius 3 is 3.19 bits per heavy atom. The number of hydrogen-bond donors (Lipinski definition) is 0. The second kappa shape index (κ2) is 5.43. The summed E-state index contributed by atoms with van der Waals surface area (Å²) in [5.41, 5.74) is 1.86. The molecule has 4 nitrogen and oxygen atoms in total. The van der Waals surface area contributed by atoms with Crippen LogP contribution in [0.2, 0.25) is 0 Å². The summed E-state index contributed by atoms with van der Waals surface area (Å²) < 4.78 is 11.6. The minimum Gasteiger partial charge on any atom is -0.493 e. The molecule has 2 fully saturated rings. The van der Waals surface area contributed by atoms with Gasteiger partial charge in [-0.2, -0.15) is 0 Å². The zero-order valence-electron chi connectivity index (χ0n) is 12.2. The normalized spacial score (nSPS) is 28.6. The van der Waals surface area contributed by atoms with Gasteiger partial charge in [-0.1, -0.05) is 12.1 Å². The smallest absolute Gasteiger partial charge is 0.196 e. The van der Waals surface area contributed by atoms with Crippen LogP contribution >= 0.6 is 0 Å². The first-order valence-electron chi connectivity index (χ1n) is 7.97. The van der Waals surface area contributed by atoms with Crippen molar-refractivity contribution < 1.29 is 14.3 Å². The maximum absolute atomic E-state index is 12.8. The van der Waals surface area contributed by atoms with Crippen LogP contribution in [0.3, 0.4) is 0 Å². The van der Waals surface area contributed by atoms with E-state index in [9.17, 15) is 4.79 Å². The van der Waals surface area contributed by atoms with Gasteiger partial charge in [-0.05, 0) is 43.9 Å². The molecule has 0 amide bonds. The summed E-state index contributed by atoms with van der Waals surface area (Å²) in [6.07, 6.45) is 4.11. The quantitative estimate of drug-likeness (QED) is 0.781. The summed E-state index contributed by atoms with van der Waals surface area (Å²) in [5.74, 6) is 0.875. The van der Waals surface area contributed by atoms with Gasteiger partial charge in [-0.3, -0.25) is 9.69 Å². The van der Waals surface area contributed by atoms with Crippen molar-refractivity contribution >= 4 is 5.78 Å². The molecule has 1 aromatic rings. The van der Waals surface area contributed by atoms with Gasteiger partial charge in [0.25, 0.3) is 0 Å². The van der Waals surface area contributed by atoms with Crippen molar-refractivity contribution in [1.82, 2.24) is 4.90 Å². The molecule has 0 bridgehead atoms. The van der Waals surface area contributed by atoms with Crippen molar-refractivity contribution in [3.05, 3.63) is 29.3 Å². The van der Waals surface area contributed by atoms with Crippen LogP contribution in [0.4, 0.5) is 0 Å². The second-order valence-corrected chi connectivity index (χ2v) is 6.22. The number of morpholine rings is 1. The lowest BCUT2D eigenvalue weighted by molar-refractivity contribution is -0.0345. The molecule has 0 N–H and O–H groups in total. The van der Waals surface area contributed by atoms with Gasteiger partial charge in [0.05, 0.1) is 18.8 Å². The zero-order chi connectivity index (χ0) is 14.2. The maximum atomic E-state index is 12.8. The SMILES string of the molecule is O=C(c1cccc2c1OCCC2)C1CN2CCCC2CO1. The number of para-hydroxylation sites is 1. The van der Waals surface area contributed by atoms with E-state index in [0.29, 0.717) is 24.8 Å². The Kier molecular flexibility index (Phi) is 3.43. The monoisotopic (exact) mass is 287 g/mol. The molecule has 112 valence electrons. The van der Waals surface area contributed by atoms with Crippen molar-refractivity contribution in [1.29, 1.82) is 0 Å². The van der Waals surface area contributed by atoms with Crippen molar-refractivity contribution in [2.24, 2.45) is 0 Å². The van der Waals surface area contributed by atoms with Crippen LogP contribution in [0.1, 0.15) is 35.2 Å². The predicted octanol–water partition coefficient (Wildman–Crippen LogP) is 2.06. The minimum absolute atomic E-state index is 0.0825. The van der Waals surface area contributed by atoms with Crippen LogP contribution in [0.15, 0.2) is 18.2 Å². The number of ketones is 1. The van der Waals surface area contributed by atoms with Crippen LogP contribution in [0.25, 0.3) is 0 Å². The molecule has 2 saturated heterocycles. The highest BCUT2D eigenvalue weighted by atomic mass is 16.5. The Bertz CT molecular complexity index is 557.